The van der Waals surface area contributed by atoms with Crippen molar-refractivity contribution in [2.24, 2.45) is 0 Å². The highest BCUT2D eigenvalue weighted by Crippen LogP contribution is 2.24. The first-order valence-corrected chi connectivity index (χ1v) is 9.09. The van der Waals surface area contributed by atoms with Crippen molar-refractivity contribution in [2.75, 3.05) is 13.1 Å². The Morgan fingerprint density at radius 2 is 2.08 bits per heavy atom. The van der Waals surface area contributed by atoms with Gasteiger partial charge in [0, 0.05) is 37.7 Å². The van der Waals surface area contributed by atoms with Gasteiger partial charge in [0.25, 0.3) is 0 Å². The number of likely N-dealkylation sites (tertiary alicyclic amines) is 1. The van der Waals surface area contributed by atoms with Crippen LogP contribution in [0.5, 0.6) is 0 Å². The van der Waals surface area contributed by atoms with Crippen molar-refractivity contribution in [3.05, 3.63) is 60.4 Å². The summed E-state index contributed by atoms with van der Waals surface area (Å²) in [6.07, 6.45) is 9.16. The Kier molecular flexibility index (Phi) is 4.81. The van der Waals surface area contributed by atoms with Crippen LogP contribution < -0.4 is 0 Å². The Balaban J connectivity index is 1.38. The van der Waals surface area contributed by atoms with Crippen LogP contribution in [0.1, 0.15) is 43.3 Å². The number of pyridine rings is 1. The molecular formula is C19H24N6O. The first-order chi connectivity index (χ1) is 12.7. The maximum Gasteiger partial charge on any atom is 0.111 e. The average Bonchev–Trinajstić information content (AvgIpc) is 3.33. The second-order valence-electron chi connectivity index (χ2n) is 6.89. The summed E-state index contributed by atoms with van der Waals surface area (Å²) in [5.41, 5.74) is 3.01. The van der Waals surface area contributed by atoms with Crippen LogP contribution in [-0.4, -0.2) is 47.6 Å². The van der Waals surface area contributed by atoms with Gasteiger partial charge in [-0.3, -0.25) is 9.88 Å². The Hall–Kier alpha value is -2.51. The number of rotatable bonds is 5. The van der Waals surface area contributed by atoms with E-state index in [4.69, 9.17) is 0 Å². The summed E-state index contributed by atoms with van der Waals surface area (Å²) in [6, 6.07) is 8.65. The van der Waals surface area contributed by atoms with Crippen molar-refractivity contribution in [2.45, 2.75) is 38.5 Å². The summed E-state index contributed by atoms with van der Waals surface area (Å²) in [6.45, 7) is 4.68. The van der Waals surface area contributed by atoms with Crippen molar-refractivity contribution in [1.82, 2.24) is 29.4 Å². The van der Waals surface area contributed by atoms with Crippen molar-refractivity contribution in [1.29, 1.82) is 0 Å². The Labute approximate surface area is 152 Å². The summed E-state index contributed by atoms with van der Waals surface area (Å²) in [5, 5.41) is 17.9. The zero-order valence-corrected chi connectivity index (χ0v) is 14.9. The molecule has 4 rings (SSSR count). The molecule has 1 aliphatic heterocycles. The highest BCUT2D eigenvalue weighted by atomic mass is 16.3. The van der Waals surface area contributed by atoms with Crippen molar-refractivity contribution in [3.8, 4) is 5.69 Å². The zero-order chi connectivity index (χ0) is 17.9. The molecular weight excluding hydrogens is 328 g/mol. The molecule has 136 valence electrons. The highest BCUT2D eigenvalue weighted by Gasteiger charge is 2.23. The predicted octanol–water partition coefficient (Wildman–Crippen LogP) is 2.35. The average molecular weight is 352 g/mol. The van der Waals surface area contributed by atoms with Gasteiger partial charge in [-0.1, -0.05) is 5.21 Å². The molecule has 1 saturated heterocycles. The van der Waals surface area contributed by atoms with Gasteiger partial charge in [0.1, 0.15) is 5.69 Å². The van der Waals surface area contributed by atoms with Crippen molar-refractivity contribution in [3.63, 3.8) is 0 Å². The fraction of sp³-hybridized carbons (Fsp3) is 0.421. The van der Waals surface area contributed by atoms with Crippen LogP contribution in [0.25, 0.3) is 5.69 Å². The molecule has 0 spiro atoms. The quantitative estimate of drug-likeness (QED) is 0.763. The van der Waals surface area contributed by atoms with E-state index < -0.39 is 6.10 Å². The van der Waals surface area contributed by atoms with Crippen LogP contribution in [0.2, 0.25) is 0 Å². The van der Waals surface area contributed by atoms with Gasteiger partial charge in [-0.05, 0) is 44.0 Å². The van der Waals surface area contributed by atoms with Gasteiger partial charge in [0.2, 0.25) is 0 Å². The molecule has 26 heavy (non-hydrogen) atoms. The van der Waals surface area contributed by atoms with Crippen LogP contribution >= 0.6 is 0 Å². The molecule has 0 aromatic carbocycles. The largest absolute Gasteiger partial charge is 0.387 e. The van der Waals surface area contributed by atoms with E-state index in [0.717, 1.165) is 38.2 Å². The molecule has 0 amide bonds. The van der Waals surface area contributed by atoms with Crippen molar-refractivity contribution >= 4 is 0 Å². The number of hydrogen-bond donors (Lipinski definition) is 1. The maximum absolute atomic E-state index is 9.61. The minimum absolute atomic E-state index is 0.358. The van der Waals surface area contributed by atoms with E-state index in [9.17, 15) is 5.11 Å². The summed E-state index contributed by atoms with van der Waals surface area (Å²) in [7, 11) is 0. The minimum atomic E-state index is -0.566. The number of aliphatic hydroxyl groups is 1. The molecule has 0 radical (unpaired) electrons. The number of aliphatic hydroxyl groups excluding tert-OH is 1. The molecule has 0 aliphatic carbocycles. The molecule has 3 aromatic rings. The number of nitrogens with zero attached hydrogens (tertiary/aromatic N) is 6. The minimum Gasteiger partial charge on any atom is -0.387 e. The molecule has 0 bridgehead atoms. The summed E-state index contributed by atoms with van der Waals surface area (Å²) in [5.74, 6) is 0. The first-order valence-electron chi connectivity index (χ1n) is 9.09. The lowest BCUT2D eigenvalue weighted by molar-refractivity contribution is 0.170. The molecule has 1 atom stereocenters. The maximum atomic E-state index is 9.61. The van der Waals surface area contributed by atoms with Crippen LogP contribution in [0.4, 0.5) is 0 Å². The molecule has 7 heteroatoms. The third-order valence-electron chi connectivity index (χ3n) is 5.03. The van der Waals surface area contributed by atoms with Crippen LogP contribution in [0.15, 0.2) is 49.1 Å². The van der Waals surface area contributed by atoms with Gasteiger partial charge in [0.15, 0.2) is 0 Å². The van der Waals surface area contributed by atoms with Crippen LogP contribution in [-0.2, 0) is 6.54 Å². The number of hydrogen-bond acceptors (Lipinski definition) is 5. The lowest BCUT2D eigenvalue weighted by atomic mass is 10.1. The summed E-state index contributed by atoms with van der Waals surface area (Å²) < 4.78 is 4.11. The van der Waals surface area contributed by atoms with E-state index in [1.807, 2.05) is 23.1 Å². The normalized spacial score (nSPS) is 17.5. The van der Waals surface area contributed by atoms with E-state index in [2.05, 4.69) is 49.2 Å². The molecule has 3 aromatic heterocycles. The molecule has 1 fully saturated rings. The Morgan fingerprint density at radius 3 is 2.77 bits per heavy atom. The van der Waals surface area contributed by atoms with Gasteiger partial charge in [-0.25, -0.2) is 4.68 Å². The lowest BCUT2D eigenvalue weighted by Crippen LogP contribution is -2.34. The van der Waals surface area contributed by atoms with E-state index >= 15 is 0 Å². The predicted molar refractivity (Wildman–Crippen MR) is 97.8 cm³/mol. The molecule has 1 aliphatic rings. The third-order valence-corrected chi connectivity index (χ3v) is 5.03. The number of aromatic nitrogens is 5. The lowest BCUT2D eigenvalue weighted by Gasteiger charge is -2.32. The zero-order valence-electron chi connectivity index (χ0n) is 14.9. The SMILES string of the molecule is C[C@@H](O)c1cn(C2CCN(Cc3cccn3-c3cccnc3)CC2)nn1. The number of piperidine rings is 1. The molecule has 0 saturated carbocycles. The molecule has 0 unspecified atom stereocenters. The molecule has 4 heterocycles. The van der Waals surface area contributed by atoms with Gasteiger partial charge in [-0.2, -0.15) is 0 Å². The van der Waals surface area contributed by atoms with Crippen molar-refractivity contribution < 1.29 is 5.11 Å². The van der Waals surface area contributed by atoms with E-state index in [-0.39, 0.29) is 0 Å². The fourth-order valence-corrected chi connectivity index (χ4v) is 3.52. The van der Waals surface area contributed by atoms with Gasteiger partial charge < -0.3 is 9.67 Å². The molecule has 7 nitrogen and oxygen atoms in total. The van der Waals surface area contributed by atoms with E-state index in [1.165, 1.54) is 5.69 Å². The van der Waals surface area contributed by atoms with E-state index in [0.29, 0.717) is 11.7 Å². The third kappa shape index (κ3) is 3.54. The van der Waals surface area contributed by atoms with E-state index in [1.54, 1.807) is 13.1 Å². The summed E-state index contributed by atoms with van der Waals surface area (Å²) >= 11 is 0. The van der Waals surface area contributed by atoms with Gasteiger partial charge in [0.05, 0.1) is 30.2 Å². The fourth-order valence-electron chi connectivity index (χ4n) is 3.52. The Morgan fingerprint density at radius 1 is 1.23 bits per heavy atom. The monoisotopic (exact) mass is 352 g/mol. The second-order valence-corrected chi connectivity index (χ2v) is 6.89. The summed E-state index contributed by atoms with van der Waals surface area (Å²) in [4.78, 5) is 6.70. The Bertz CT molecular complexity index is 833. The van der Waals surface area contributed by atoms with Gasteiger partial charge >= 0.3 is 0 Å². The smallest absolute Gasteiger partial charge is 0.111 e. The van der Waals surface area contributed by atoms with Crippen LogP contribution in [0, 0.1) is 0 Å². The van der Waals surface area contributed by atoms with Crippen LogP contribution in [0.3, 0.4) is 0 Å². The standard InChI is InChI=1S/C19H24N6O/c1-15(26)19-14-25(22-21-19)16-6-10-23(11-7-16)13-18-5-3-9-24(18)17-4-2-8-20-12-17/h2-5,8-9,12,14-16,26H,6-7,10-11,13H2,1H3/t15-/m1/s1. The topological polar surface area (TPSA) is 72.0 Å². The highest BCUT2D eigenvalue weighted by molar-refractivity contribution is 5.32. The second kappa shape index (κ2) is 7.39. The molecule has 1 N–H and O–H groups in total. The first kappa shape index (κ1) is 16.9. The van der Waals surface area contributed by atoms with Gasteiger partial charge in [-0.15, -0.1) is 5.10 Å².